The van der Waals surface area contributed by atoms with Crippen LogP contribution in [0.15, 0.2) is 28.9 Å². The number of hydrogen-bond donors (Lipinski definition) is 2. The molecule has 15 heavy (non-hydrogen) atoms. The molecule has 0 fully saturated rings. The van der Waals surface area contributed by atoms with E-state index in [9.17, 15) is 5.11 Å². The van der Waals surface area contributed by atoms with Crippen LogP contribution < -0.4 is 10.5 Å². The Balaban J connectivity index is 2.59. The van der Waals surface area contributed by atoms with Gasteiger partial charge in [0.25, 0.3) is 0 Å². The molecule has 0 aliphatic heterocycles. The van der Waals surface area contributed by atoms with Gasteiger partial charge in [-0.1, -0.05) is 0 Å². The smallest absolute Gasteiger partial charge is 0.137 e. The summed E-state index contributed by atoms with van der Waals surface area (Å²) in [4.78, 5) is 0. The molecule has 0 bridgehead atoms. The minimum absolute atomic E-state index is 0.166. The molecule has 2 rings (SSSR count). The Labute approximate surface area is 87.2 Å². The van der Waals surface area contributed by atoms with Gasteiger partial charge >= 0.3 is 0 Å². The normalized spacial score (nSPS) is 13.0. The molecular formula is C11H13NO3. The number of aliphatic hydroxyl groups excluding tert-OH is 1. The number of fused-ring (bicyclic) bond motifs is 1. The second-order valence-electron chi connectivity index (χ2n) is 3.30. The Morgan fingerprint density at radius 3 is 3.00 bits per heavy atom. The average molecular weight is 207 g/mol. The lowest BCUT2D eigenvalue weighted by atomic mass is 10.1. The maximum atomic E-state index is 9.70. The molecule has 1 aromatic carbocycles. The molecule has 80 valence electrons. The molecule has 1 heterocycles. The maximum Gasteiger partial charge on any atom is 0.137 e. The van der Waals surface area contributed by atoms with Gasteiger partial charge in [0.15, 0.2) is 0 Å². The van der Waals surface area contributed by atoms with Crippen molar-refractivity contribution < 1.29 is 14.3 Å². The summed E-state index contributed by atoms with van der Waals surface area (Å²) < 4.78 is 10.4. The number of aliphatic hydroxyl groups is 1. The van der Waals surface area contributed by atoms with Crippen molar-refractivity contribution >= 4 is 11.0 Å². The fourth-order valence-electron chi connectivity index (χ4n) is 1.57. The second-order valence-corrected chi connectivity index (χ2v) is 3.30. The molecule has 2 aromatic rings. The second kappa shape index (κ2) is 3.92. The molecule has 3 N–H and O–H groups in total. The number of furan rings is 1. The standard InChI is InChI=1S/C11H13NO3/c1-14-11-5-10-7(2-3-15-10)4-8(11)9(13)6-12/h2-5,9,13H,6,12H2,1H3. The van der Waals surface area contributed by atoms with Crippen molar-refractivity contribution in [3.63, 3.8) is 0 Å². The van der Waals surface area contributed by atoms with Crippen molar-refractivity contribution in [1.82, 2.24) is 0 Å². The van der Waals surface area contributed by atoms with Crippen LogP contribution in [0.5, 0.6) is 5.75 Å². The summed E-state index contributed by atoms with van der Waals surface area (Å²) in [5, 5.41) is 10.6. The maximum absolute atomic E-state index is 9.70. The zero-order valence-electron chi connectivity index (χ0n) is 8.43. The Morgan fingerprint density at radius 1 is 1.53 bits per heavy atom. The highest BCUT2D eigenvalue weighted by atomic mass is 16.5. The largest absolute Gasteiger partial charge is 0.496 e. The zero-order chi connectivity index (χ0) is 10.8. The summed E-state index contributed by atoms with van der Waals surface area (Å²) in [6.45, 7) is 0.166. The van der Waals surface area contributed by atoms with Gasteiger partial charge in [-0.25, -0.2) is 0 Å². The van der Waals surface area contributed by atoms with Gasteiger partial charge in [0.2, 0.25) is 0 Å². The highest BCUT2D eigenvalue weighted by Gasteiger charge is 2.13. The van der Waals surface area contributed by atoms with Crippen LogP contribution in [0.4, 0.5) is 0 Å². The number of rotatable bonds is 3. The fraction of sp³-hybridized carbons (Fsp3) is 0.273. The minimum atomic E-state index is -0.709. The first-order chi connectivity index (χ1) is 7.26. The van der Waals surface area contributed by atoms with Crippen LogP contribution in [0.3, 0.4) is 0 Å². The summed E-state index contributed by atoms with van der Waals surface area (Å²) in [5.74, 6) is 0.593. The van der Waals surface area contributed by atoms with E-state index >= 15 is 0 Å². The quantitative estimate of drug-likeness (QED) is 0.798. The van der Waals surface area contributed by atoms with Gasteiger partial charge in [-0.2, -0.15) is 0 Å². The molecule has 0 aliphatic carbocycles. The molecule has 0 saturated heterocycles. The molecule has 1 unspecified atom stereocenters. The van der Waals surface area contributed by atoms with E-state index in [1.54, 1.807) is 19.4 Å². The van der Waals surface area contributed by atoms with E-state index in [2.05, 4.69) is 0 Å². The molecule has 0 amide bonds. The Morgan fingerprint density at radius 2 is 2.33 bits per heavy atom. The van der Waals surface area contributed by atoms with E-state index in [-0.39, 0.29) is 6.54 Å². The lowest BCUT2D eigenvalue weighted by molar-refractivity contribution is 0.182. The van der Waals surface area contributed by atoms with Gasteiger partial charge in [-0.15, -0.1) is 0 Å². The first-order valence-corrected chi connectivity index (χ1v) is 4.69. The lowest BCUT2D eigenvalue weighted by Gasteiger charge is -2.12. The predicted octanol–water partition coefficient (Wildman–Crippen LogP) is 1.43. The SMILES string of the molecule is COc1cc2occc2cc1C(O)CN. The van der Waals surface area contributed by atoms with E-state index in [0.29, 0.717) is 11.3 Å². The van der Waals surface area contributed by atoms with Gasteiger partial charge in [0, 0.05) is 23.6 Å². The van der Waals surface area contributed by atoms with Crippen molar-refractivity contribution in [2.75, 3.05) is 13.7 Å². The molecule has 4 heteroatoms. The highest BCUT2D eigenvalue weighted by Crippen LogP contribution is 2.30. The number of ether oxygens (including phenoxy) is 1. The van der Waals surface area contributed by atoms with Gasteiger partial charge in [-0.3, -0.25) is 0 Å². The molecule has 0 aliphatic rings. The van der Waals surface area contributed by atoms with Gasteiger partial charge < -0.3 is 20.0 Å². The number of benzene rings is 1. The van der Waals surface area contributed by atoms with Crippen molar-refractivity contribution in [2.45, 2.75) is 6.10 Å². The van der Waals surface area contributed by atoms with Crippen LogP contribution in [0, 0.1) is 0 Å². The summed E-state index contributed by atoms with van der Waals surface area (Å²) in [7, 11) is 1.55. The number of hydrogen-bond acceptors (Lipinski definition) is 4. The third-order valence-electron chi connectivity index (χ3n) is 2.39. The molecule has 0 radical (unpaired) electrons. The number of nitrogens with two attached hydrogens (primary N) is 1. The molecular weight excluding hydrogens is 194 g/mol. The minimum Gasteiger partial charge on any atom is -0.496 e. The fourth-order valence-corrected chi connectivity index (χ4v) is 1.57. The summed E-state index contributed by atoms with van der Waals surface area (Å²) in [5.41, 5.74) is 6.84. The van der Waals surface area contributed by atoms with Crippen LogP contribution in [0.1, 0.15) is 11.7 Å². The van der Waals surface area contributed by atoms with Crippen molar-refractivity contribution in [3.05, 3.63) is 30.0 Å². The van der Waals surface area contributed by atoms with Crippen molar-refractivity contribution in [3.8, 4) is 5.75 Å². The van der Waals surface area contributed by atoms with Gasteiger partial charge in [-0.05, 0) is 12.1 Å². The highest BCUT2D eigenvalue weighted by molar-refractivity contribution is 5.80. The molecule has 1 atom stereocenters. The van der Waals surface area contributed by atoms with Gasteiger partial charge in [0.1, 0.15) is 11.3 Å². The van der Waals surface area contributed by atoms with E-state index in [0.717, 1.165) is 11.0 Å². The van der Waals surface area contributed by atoms with Gasteiger partial charge in [0.05, 0.1) is 19.5 Å². The van der Waals surface area contributed by atoms with Crippen LogP contribution in [0.25, 0.3) is 11.0 Å². The van der Waals surface area contributed by atoms with Crippen molar-refractivity contribution in [1.29, 1.82) is 0 Å². The zero-order valence-corrected chi connectivity index (χ0v) is 8.43. The van der Waals surface area contributed by atoms with Crippen LogP contribution >= 0.6 is 0 Å². The Hall–Kier alpha value is -1.52. The van der Waals surface area contributed by atoms with E-state index in [4.69, 9.17) is 14.9 Å². The molecule has 0 saturated carbocycles. The molecule has 4 nitrogen and oxygen atoms in total. The Kier molecular flexibility index (Phi) is 2.62. The molecule has 0 spiro atoms. The lowest BCUT2D eigenvalue weighted by Crippen LogP contribution is -2.12. The first kappa shape index (κ1) is 10.0. The first-order valence-electron chi connectivity index (χ1n) is 4.69. The topological polar surface area (TPSA) is 68.6 Å². The van der Waals surface area contributed by atoms with Crippen molar-refractivity contribution in [2.24, 2.45) is 5.73 Å². The summed E-state index contributed by atoms with van der Waals surface area (Å²) in [6, 6.07) is 5.42. The summed E-state index contributed by atoms with van der Waals surface area (Å²) >= 11 is 0. The number of methoxy groups -OCH3 is 1. The van der Waals surface area contributed by atoms with Crippen LogP contribution in [0.2, 0.25) is 0 Å². The van der Waals surface area contributed by atoms with E-state index < -0.39 is 6.10 Å². The van der Waals surface area contributed by atoms with E-state index in [1.807, 2.05) is 12.1 Å². The van der Waals surface area contributed by atoms with Crippen LogP contribution in [-0.2, 0) is 0 Å². The average Bonchev–Trinajstić information content (AvgIpc) is 2.73. The predicted molar refractivity (Wildman–Crippen MR) is 56.8 cm³/mol. The molecule has 1 aromatic heterocycles. The van der Waals surface area contributed by atoms with Crippen LogP contribution in [-0.4, -0.2) is 18.8 Å². The monoisotopic (exact) mass is 207 g/mol. The Bertz CT molecular complexity index is 464. The third-order valence-corrected chi connectivity index (χ3v) is 2.39. The summed E-state index contributed by atoms with van der Waals surface area (Å²) in [6.07, 6.45) is 0.891. The van der Waals surface area contributed by atoms with E-state index in [1.165, 1.54) is 0 Å². The third kappa shape index (κ3) is 1.69.